The zero-order valence-corrected chi connectivity index (χ0v) is 12.0. The Bertz CT molecular complexity index is 539. The first-order chi connectivity index (χ1) is 8.61. The molecule has 0 saturated heterocycles. The third-order valence-electron chi connectivity index (χ3n) is 2.93. The van der Waals surface area contributed by atoms with Crippen LogP contribution in [-0.2, 0) is 13.5 Å². The van der Waals surface area contributed by atoms with Crippen molar-refractivity contribution >= 4 is 15.9 Å². The highest BCUT2D eigenvalue weighted by atomic mass is 79.9. The van der Waals surface area contributed by atoms with E-state index in [-0.39, 0.29) is 6.04 Å². The first kappa shape index (κ1) is 13.1. The van der Waals surface area contributed by atoms with Crippen LogP contribution in [0.3, 0.4) is 0 Å². The standard InChI is InChI=1S/C13H16BrN3O/c1-17-8-16-7-13(17)12(15)6-9-5-10(18-2)3-4-11(9)14/h3-5,7-8,12H,6,15H2,1-2H3. The molecule has 18 heavy (non-hydrogen) atoms. The van der Waals surface area contributed by atoms with Crippen molar-refractivity contribution in [2.45, 2.75) is 12.5 Å². The molecule has 0 spiro atoms. The van der Waals surface area contributed by atoms with Crippen LogP contribution in [0.2, 0.25) is 0 Å². The lowest BCUT2D eigenvalue weighted by atomic mass is 10.0. The summed E-state index contributed by atoms with van der Waals surface area (Å²) in [6.07, 6.45) is 4.30. The number of halogens is 1. The highest BCUT2D eigenvalue weighted by Gasteiger charge is 2.13. The third-order valence-corrected chi connectivity index (χ3v) is 3.70. The molecule has 1 heterocycles. The maximum Gasteiger partial charge on any atom is 0.119 e. The molecule has 0 saturated carbocycles. The molecule has 4 nitrogen and oxygen atoms in total. The molecule has 0 aliphatic heterocycles. The van der Waals surface area contributed by atoms with E-state index in [1.165, 1.54) is 0 Å². The summed E-state index contributed by atoms with van der Waals surface area (Å²) >= 11 is 3.54. The average Bonchev–Trinajstić information content (AvgIpc) is 2.78. The Morgan fingerprint density at radius 2 is 2.28 bits per heavy atom. The molecule has 1 atom stereocenters. The van der Waals surface area contributed by atoms with Crippen LogP contribution >= 0.6 is 15.9 Å². The molecule has 1 aromatic heterocycles. The molecule has 0 radical (unpaired) electrons. The van der Waals surface area contributed by atoms with E-state index in [4.69, 9.17) is 10.5 Å². The fourth-order valence-electron chi connectivity index (χ4n) is 1.90. The highest BCUT2D eigenvalue weighted by Crippen LogP contribution is 2.26. The Morgan fingerprint density at radius 1 is 1.50 bits per heavy atom. The topological polar surface area (TPSA) is 53.1 Å². The molecule has 1 aromatic carbocycles. The summed E-state index contributed by atoms with van der Waals surface area (Å²) in [7, 11) is 3.61. The van der Waals surface area contributed by atoms with Crippen LogP contribution < -0.4 is 10.5 Å². The molecule has 1 unspecified atom stereocenters. The number of hydrogen-bond acceptors (Lipinski definition) is 3. The van der Waals surface area contributed by atoms with Crippen molar-refractivity contribution in [2.24, 2.45) is 12.8 Å². The number of imidazole rings is 1. The maximum atomic E-state index is 6.21. The van der Waals surface area contributed by atoms with E-state index in [1.807, 2.05) is 29.8 Å². The number of rotatable bonds is 4. The number of methoxy groups -OCH3 is 1. The Morgan fingerprint density at radius 3 is 2.89 bits per heavy atom. The van der Waals surface area contributed by atoms with Gasteiger partial charge in [-0.2, -0.15) is 0 Å². The minimum absolute atomic E-state index is 0.0825. The van der Waals surface area contributed by atoms with Gasteiger partial charge in [-0.15, -0.1) is 0 Å². The monoisotopic (exact) mass is 309 g/mol. The summed E-state index contributed by atoms with van der Waals surface area (Å²) in [5.74, 6) is 0.838. The van der Waals surface area contributed by atoms with Crippen LogP contribution in [0.5, 0.6) is 5.75 Å². The SMILES string of the molecule is COc1ccc(Br)c(CC(N)c2cncn2C)c1. The zero-order chi connectivity index (χ0) is 13.1. The van der Waals surface area contributed by atoms with Gasteiger partial charge in [0.25, 0.3) is 0 Å². The molecule has 0 fully saturated rings. The smallest absolute Gasteiger partial charge is 0.119 e. The zero-order valence-electron chi connectivity index (χ0n) is 10.4. The average molecular weight is 310 g/mol. The van der Waals surface area contributed by atoms with Crippen LogP contribution in [0.25, 0.3) is 0 Å². The number of nitrogens with zero attached hydrogens (tertiary/aromatic N) is 2. The fraction of sp³-hybridized carbons (Fsp3) is 0.308. The molecular formula is C13H16BrN3O. The minimum Gasteiger partial charge on any atom is -0.497 e. The molecule has 2 aromatic rings. The first-order valence-electron chi connectivity index (χ1n) is 5.66. The minimum atomic E-state index is -0.0825. The Balaban J connectivity index is 2.21. The second-order valence-electron chi connectivity index (χ2n) is 4.20. The lowest BCUT2D eigenvalue weighted by Crippen LogP contribution is -2.16. The van der Waals surface area contributed by atoms with Gasteiger partial charge >= 0.3 is 0 Å². The maximum absolute atomic E-state index is 6.21. The molecule has 0 amide bonds. The Labute approximate surface area is 115 Å². The number of hydrogen-bond donors (Lipinski definition) is 1. The van der Waals surface area contributed by atoms with E-state index in [1.54, 1.807) is 19.6 Å². The van der Waals surface area contributed by atoms with Gasteiger partial charge in [0, 0.05) is 17.7 Å². The van der Waals surface area contributed by atoms with Gasteiger partial charge < -0.3 is 15.0 Å². The fourth-order valence-corrected chi connectivity index (χ4v) is 2.31. The normalized spacial score (nSPS) is 12.4. The molecule has 96 valence electrons. The molecule has 5 heteroatoms. The van der Waals surface area contributed by atoms with Crippen LogP contribution in [0, 0.1) is 0 Å². The summed E-state index contributed by atoms with van der Waals surface area (Å²) in [6, 6.07) is 5.81. The molecule has 0 aliphatic rings. The van der Waals surface area contributed by atoms with Crippen molar-refractivity contribution in [3.8, 4) is 5.75 Å². The van der Waals surface area contributed by atoms with E-state index in [0.717, 1.165) is 27.9 Å². The van der Waals surface area contributed by atoms with E-state index in [9.17, 15) is 0 Å². The summed E-state index contributed by atoms with van der Waals surface area (Å²) in [5, 5.41) is 0. The number of ether oxygens (including phenoxy) is 1. The van der Waals surface area contributed by atoms with Gasteiger partial charge in [0.05, 0.1) is 25.2 Å². The van der Waals surface area contributed by atoms with Gasteiger partial charge in [-0.1, -0.05) is 15.9 Å². The highest BCUT2D eigenvalue weighted by molar-refractivity contribution is 9.10. The van der Waals surface area contributed by atoms with Crippen LogP contribution in [0.15, 0.2) is 35.2 Å². The Hall–Kier alpha value is -1.33. The quantitative estimate of drug-likeness (QED) is 0.943. The molecule has 2 rings (SSSR count). The number of aryl methyl sites for hydroxylation is 1. The van der Waals surface area contributed by atoms with Gasteiger partial charge in [0.2, 0.25) is 0 Å². The second-order valence-corrected chi connectivity index (χ2v) is 5.05. The van der Waals surface area contributed by atoms with Crippen molar-refractivity contribution in [1.82, 2.24) is 9.55 Å². The van der Waals surface area contributed by atoms with Crippen molar-refractivity contribution < 1.29 is 4.74 Å². The van der Waals surface area contributed by atoms with Crippen molar-refractivity contribution in [1.29, 1.82) is 0 Å². The van der Waals surface area contributed by atoms with Crippen LogP contribution in [0.1, 0.15) is 17.3 Å². The summed E-state index contributed by atoms with van der Waals surface area (Å²) in [5.41, 5.74) is 8.36. The van der Waals surface area contributed by atoms with Crippen LogP contribution in [0.4, 0.5) is 0 Å². The van der Waals surface area contributed by atoms with E-state index < -0.39 is 0 Å². The van der Waals surface area contributed by atoms with E-state index in [2.05, 4.69) is 20.9 Å². The molecular weight excluding hydrogens is 294 g/mol. The van der Waals surface area contributed by atoms with E-state index >= 15 is 0 Å². The number of benzene rings is 1. The van der Waals surface area contributed by atoms with Gasteiger partial charge in [0.15, 0.2) is 0 Å². The summed E-state index contributed by atoms with van der Waals surface area (Å²) in [6.45, 7) is 0. The summed E-state index contributed by atoms with van der Waals surface area (Å²) in [4.78, 5) is 4.09. The lowest BCUT2D eigenvalue weighted by Gasteiger charge is -2.14. The predicted octanol–water partition coefficient (Wildman–Crippen LogP) is 2.43. The second kappa shape index (κ2) is 5.54. The first-order valence-corrected chi connectivity index (χ1v) is 6.45. The summed E-state index contributed by atoms with van der Waals surface area (Å²) < 4.78 is 8.21. The van der Waals surface area contributed by atoms with Gasteiger partial charge in [-0.25, -0.2) is 4.98 Å². The predicted molar refractivity (Wildman–Crippen MR) is 74.5 cm³/mol. The van der Waals surface area contributed by atoms with Crippen molar-refractivity contribution in [3.05, 3.63) is 46.5 Å². The van der Waals surface area contributed by atoms with Crippen molar-refractivity contribution in [2.75, 3.05) is 7.11 Å². The largest absolute Gasteiger partial charge is 0.497 e. The molecule has 0 bridgehead atoms. The third kappa shape index (κ3) is 2.73. The lowest BCUT2D eigenvalue weighted by molar-refractivity contribution is 0.414. The number of aromatic nitrogens is 2. The molecule has 0 aliphatic carbocycles. The van der Waals surface area contributed by atoms with Gasteiger partial charge in [-0.05, 0) is 30.2 Å². The van der Waals surface area contributed by atoms with Gasteiger partial charge in [-0.3, -0.25) is 0 Å². The van der Waals surface area contributed by atoms with Crippen LogP contribution in [-0.4, -0.2) is 16.7 Å². The van der Waals surface area contributed by atoms with Crippen molar-refractivity contribution in [3.63, 3.8) is 0 Å². The Kier molecular flexibility index (Phi) is 4.04. The molecule has 2 N–H and O–H groups in total. The van der Waals surface area contributed by atoms with E-state index in [0.29, 0.717) is 0 Å². The van der Waals surface area contributed by atoms with Gasteiger partial charge in [0.1, 0.15) is 5.75 Å². The number of nitrogens with two attached hydrogens (primary N) is 1.